The van der Waals surface area contributed by atoms with Gasteiger partial charge in [0, 0.05) is 12.6 Å². The first kappa shape index (κ1) is 41.9. The lowest BCUT2D eigenvalue weighted by Gasteiger charge is -2.38. The van der Waals surface area contributed by atoms with Gasteiger partial charge in [-0.2, -0.15) is 4.98 Å². The summed E-state index contributed by atoms with van der Waals surface area (Å²) in [5, 5.41) is 11.2. The summed E-state index contributed by atoms with van der Waals surface area (Å²) in [7, 11) is -12.6. The average Bonchev–Trinajstić information content (AvgIpc) is 3.74. The molecule has 0 saturated carbocycles. The molecule has 5 heterocycles. The number of fused-ring (bicyclic) bond motifs is 1. The topological polar surface area (TPSA) is 327 Å². The molecular weight excluding hydrogens is 778 g/mol. The van der Waals surface area contributed by atoms with Gasteiger partial charge >= 0.3 is 27.3 Å². The van der Waals surface area contributed by atoms with Gasteiger partial charge in [-0.15, -0.1) is 0 Å². The number of nitrogens with zero attached hydrogens (tertiary/aromatic N) is 6. The third kappa shape index (κ3) is 9.59. The largest absolute Gasteiger partial charge is 0.472 e. The van der Waals surface area contributed by atoms with Gasteiger partial charge in [-0.1, -0.05) is 20.8 Å². The van der Waals surface area contributed by atoms with Crippen molar-refractivity contribution in [3.8, 4) is 0 Å². The zero-order valence-corrected chi connectivity index (χ0v) is 32.9. The fourth-order valence-electron chi connectivity index (χ4n) is 5.48. The molecule has 3 aromatic heterocycles. The van der Waals surface area contributed by atoms with E-state index in [0.717, 1.165) is 4.57 Å². The minimum atomic E-state index is -5.11. The number of phosphoric ester groups is 2. The molecule has 26 heteroatoms. The highest BCUT2D eigenvalue weighted by Gasteiger charge is 2.50. The second kappa shape index (κ2) is 15.7. The van der Waals surface area contributed by atoms with Gasteiger partial charge in [0.15, 0.2) is 32.1 Å². The van der Waals surface area contributed by atoms with Crippen LogP contribution in [0.15, 0.2) is 29.7 Å². The SMILES string of the molecule is C[C@H](O[Si](C)(C)C(C)(C)C)C(=O)O[C@@H]1[C@H](O)[C@@H](COP(=O)(O)O[C@H]2C[C@H](n3ccc(N)nc3=O)O[C@@H]2COP(=O)(O)O)O[C@H]1n1cnc2c(N)ncnc21. The second-order valence-corrected chi connectivity index (χ2v) is 21.6. The van der Waals surface area contributed by atoms with Gasteiger partial charge in [-0.25, -0.2) is 33.7 Å². The van der Waals surface area contributed by atoms with Crippen LogP contribution in [0.4, 0.5) is 11.6 Å². The lowest BCUT2D eigenvalue weighted by atomic mass is 10.1. The lowest BCUT2D eigenvalue weighted by molar-refractivity contribution is -0.166. The molecular formula is C28H44N8O15P2Si. The van der Waals surface area contributed by atoms with E-state index in [4.69, 9.17) is 39.2 Å². The highest BCUT2D eigenvalue weighted by Crippen LogP contribution is 2.50. The molecule has 9 atom stereocenters. The van der Waals surface area contributed by atoms with E-state index in [9.17, 15) is 38.5 Å². The number of esters is 1. The van der Waals surface area contributed by atoms with Gasteiger partial charge in [0.1, 0.15) is 54.4 Å². The summed E-state index contributed by atoms with van der Waals surface area (Å²) >= 11 is 0. The predicted molar refractivity (Wildman–Crippen MR) is 187 cm³/mol. The van der Waals surface area contributed by atoms with Crippen LogP contribution in [-0.2, 0) is 46.1 Å². The van der Waals surface area contributed by atoms with Crippen molar-refractivity contribution in [2.75, 3.05) is 24.7 Å². The fraction of sp³-hybridized carbons (Fsp3) is 0.643. The number of ether oxygens (including phenoxy) is 3. The maximum Gasteiger partial charge on any atom is 0.472 e. The maximum absolute atomic E-state index is 13.4. The summed E-state index contributed by atoms with van der Waals surface area (Å²) < 4.78 is 65.8. The van der Waals surface area contributed by atoms with E-state index in [1.54, 1.807) is 0 Å². The summed E-state index contributed by atoms with van der Waals surface area (Å²) in [5.74, 6) is -0.857. The van der Waals surface area contributed by atoms with Crippen molar-refractivity contribution in [2.24, 2.45) is 0 Å². The summed E-state index contributed by atoms with van der Waals surface area (Å²) in [6.07, 6.45) is -7.48. The Morgan fingerprint density at radius 1 is 1.07 bits per heavy atom. The minimum absolute atomic E-state index is 0.0423. The molecule has 1 unspecified atom stereocenters. The molecule has 0 aliphatic carbocycles. The number of nitrogens with two attached hydrogens (primary N) is 2. The van der Waals surface area contributed by atoms with Crippen LogP contribution in [0.3, 0.4) is 0 Å². The van der Waals surface area contributed by atoms with E-state index in [2.05, 4.69) is 24.5 Å². The molecule has 0 aromatic carbocycles. The first-order valence-electron chi connectivity index (χ1n) is 16.5. The van der Waals surface area contributed by atoms with Crippen LogP contribution in [0.1, 0.15) is 46.6 Å². The number of carbonyl (C=O) groups excluding carboxylic acids is 1. The molecule has 3 aromatic rings. The molecule has 0 bridgehead atoms. The molecule has 2 saturated heterocycles. The van der Waals surface area contributed by atoms with E-state index < -0.39 is 97.9 Å². The minimum Gasteiger partial charge on any atom is -0.453 e. The molecule has 300 valence electrons. The number of anilines is 2. The summed E-state index contributed by atoms with van der Waals surface area (Å²) in [4.78, 5) is 71.0. The van der Waals surface area contributed by atoms with Crippen LogP contribution in [0, 0.1) is 0 Å². The van der Waals surface area contributed by atoms with Crippen molar-refractivity contribution in [1.82, 2.24) is 29.1 Å². The van der Waals surface area contributed by atoms with E-state index in [1.807, 2.05) is 33.9 Å². The van der Waals surface area contributed by atoms with Gasteiger partial charge < -0.3 is 49.9 Å². The number of nitrogen functional groups attached to an aromatic ring is 2. The van der Waals surface area contributed by atoms with Crippen molar-refractivity contribution in [2.45, 2.75) is 101 Å². The van der Waals surface area contributed by atoms with E-state index >= 15 is 0 Å². The third-order valence-electron chi connectivity index (χ3n) is 9.26. The summed E-state index contributed by atoms with van der Waals surface area (Å²) in [6.45, 7) is 9.82. The molecule has 0 radical (unpaired) electrons. The zero-order valence-electron chi connectivity index (χ0n) is 30.1. The monoisotopic (exact) mass is 822 g/mol. The molecule has 2 aliphatic heterocycles. The molecule has 2 aliphatic rings. The maximum atomic E-state index is 13.4. The Morgan fingerprint density at radius 3 is 2.41 bits per heavy atom. The van der Waals surface area contributed by atoms with Gasteiger partial charge in [-0.3, -0.25) is 22.7 Å². The number of phosphoric acid groups is 2. The molecule has 23 nitrogen and oxygen atoms in total. The summed E-state index contributed by atoms with van der Waals surface area (Å²) in [5.41, 5.74) is 11.0. The Kier molecular flexibility index (Phi) is 12.2. The molecule has 0 amide bonds. The first-order chi connectivity index (χ1) is 25.0. The molecule has 5 rings (SSSR count). The van der Waals surface area contributed by atoms with Crippen molar-refractivity contribution < 1.29 is 65.9 Å². The smallest absolute Gasteiger partial charge is 0.453 e. The number of carbonyl (C=O) groups is 1. The van der Waals surface area contributed by atoms with Crippen molar-refractivity contribution in [3.05, 3.63) is 35.4 Å². The number of aromatic nitrogens is 6. The Morgan fingerprint density at radius 2 is 1.76 bits per heavy atom. The van der Waals surface area contributed by atoms with Crippen molar-refractivity contribution >= 4 is 52.7 Å². The predicted octanol–water partition coefficient (Wildman–Crippen LogP) is 0.727. The number of hydrogen-bond acceptors (Lipinski definition) is 18. The third-order valence-corrected chi connectivity index (χ3v) is 15.3. The Hall–Kier alpha value is -3.22. The molecule has 8 N–H and O–H groups in total. The number of rotatable bonds is 14. The Balaban J connectivity index is 1.34. The Bertz CT molecular complexity index is 1990. The normalized spacial score (nSPS) is 26.9. The highest BCUT2D eigenvalue weighted by atomic mass is 31.2. The van der Waals surface area contributed by atoms with Crippen molar-refractivity contribution in [3.63, 3.8) is 0 Å². The van der Waals surface area contributed by atoms with E-state index in [0.29, 0.717) is 0 Å². The van der Waals surface area contributed by atoms with Gasteiger partial charge in [0.2, 0.25) is 0 Å². The zero-order chi connectivity index (χ0) is 40.0. The van der Waals surface area contributed by atoms with Gasteiger partial charge in [0.25, 0.3) is 0 Å². The standard InChI is InChI=1S/C28H44N8O15P2Si/c1-14(51-54(5,6)28(2,3)4)26(38)49-22-21(37)17(48-25(22)36-13-33-20-23(30)31-12-32-24(20)36)11-46-53(43,44)50-15-9-19(35-8-7-18(29)34-27(35)39)47-16(15)10-45-52(40,41)42/h7-8,12-17,19,21-22,25,37H,9-11H2,1-6H3,(H,43,44)(H2,29,34,39)(H2,30,31,32)(H2,40,41,42)/t14-,15-,16+,17+,19+,21+,22+,25+/m0/s1. The first-order valence-corrected chi connectivity index (χ1v) is 22.4. The van der Waals surface area contributed by atoms with Gasteiger partial charge in [0.05, 0.1) is 19.5 Å². The van der Waals surface area contributed by atoms with E-state index in [-0.39, 0.29) is 34.3 Å². The Labute approximate surface area is 308 Å². The average molecular weight is 823 g/mol. The van der Waals surface area contributed by atoms with Crippen molar-refractivity contribution in [1.29, 1.82) is 0 Å². The lowest BCUT2D eigenvalue weighted by Crippen LogP contribution is -2.47. The number of aliphatic hydroxyl groups is 1. The van der Waals surface area contributed by atoms with Crippen LogP contribution in [0.2, 0.25) is 18.1 Å². The number of aliphatic hydroxyl groups excluding tert-OH is 1. The molecule has 2 fully saturated rings. The highest BCUT2D eigenvalue weighted by molar-refractivity contribution is 7.47. The second-order valence-electron chi connectivity index (χ2n) is 14.2. The molecule has 54 heavy (non-hydrogen) atoms. The van der Waals surface area contributed by atoms with Crippen LogP contribution < -0.4 is 17.2 Å². The number of hydrogen-bond donors (Lipinski definition) is 6. The van der Waals surface area contributed by atoms with E-state index in [1.165, 1.54) is 36.4 Å². The van der Waals surface area contributed by atoms with Crippen LogP contribution in [-0.4, -0.2) is 113 Å². The summed E-state index contributed by atoms with van der Waals surface area (Å²) in [6, 6.07) is 1.29. The van der Waals surface area contributed by atoms with Gasteiger partial charge in [-0.05, 0) is 31.1 Å². The van der Waals surface area contributed by atoms with Crippen LogP contribution >= 0.6 is 15.6 Å². The van der Waals surface area contributed by atoms with Crippen LogP contribution in [0.5, 0.6) is 0 Å². The van der Waals surface area contributed by atoms with Crippen LogP contribution in [0.25, 0.3) is 11.2 Å². The molecule has 0 spiro atoms. The number of imidazole rings is 1. The fourth-order valence-corrected chi connectivity index (χ4v) is 8.11. The quantitative estimate of drug-likeness (QED) is 0.0741.